The summed E-state index contributed by atoms with van der Waals surface area (Å²) in [6.07, 6.45) is 0. The molecule has 5 heteroatoms. The maximum atomic E-state index is 12.2. The Morgan fingerprint density at radius 1 is 1.09 bits per heavy atom. The Kier molecular flexibility index (Phi) is 5.14. The van der Waals surface area contributed by atoms with Gasteiger partial charge in [-0.3, -0.25) is 0 Å². The number of hydrogen-bond donors (Lipinski definition) is 2. The molecule has 22 heavy (non-hydrogen) atoms. The summed E-state index contributed by atoms with van der Waals surface area (Å²) >= 11 is 0. The number of rotatable bonds is 6. The summed E-state index contributed by atoms with van der Waals surface area (Å²) in [6.45, 7) is 1.98. The van der Waals surface area contributed by atoms with Gasteiger partial charge in [0, 0.05) is 5.69 Å². The van der Waals surface area contributed by atoms with E-state index in [1.165, 1.54) is 6.07 Å². The number of aromatic carboxylic acids is 1. The normalized spacial score (nSPS) is 11.5. The van der Waals surface area contributed by atoms with E-state index in [-0.39, 0.29) is 12.2 Å². The van der Waals surface area contributed by atoms with E-state index in [0.717, 1.165) is 0 Å². The van der Waals surface area contributed by atoms with Crippen LogP contribution in [0.15, 0.2) is 54.6 Å². The van der Waals surface area contributed by atoms with E-state index in [0.29, 0.717) is 11.3 Å². The second-order valence-corrected chi connectivity index (χ2v) is 4.59. The van der Waals surface area contributed by atoms with Gasteiger partial charge in [0.2, 0.25) is 0 Å². The molecule has 2 aromatic rings. The smallest absolute Gasteiger partial charge is 0.337 e. The number of anilines is 1. The van der Waals surface area contributed by atoms with Crippen LogP contribution in [-0.2, 0) is 9.53 Å². The number of carboxylic acid groups (broad SMARTS) is 1. The lowest BCUT2D eigenvalue weighted by molar-refractivity contribution is -0.144. The molecule has 0 fully saturated rings. The molecule has 1 atom stereocenters. The molecule has 2 rings (SSSR count). The highest BCUT2D eigenvalue weighted by Crippen LogP contribution is 2.24. The summed E-state index contributed by atoms with van der Waals surface area (Å²) in [4.78, 5) is 23.5. The molecule has 0 aliphatic rings. The highest BCUT2D eigenvalue weighted by Gasteiger charge is 2.23. The zero-order valence-electron chi connectivity index (χ0n) is 12.2. The summed E-state index contributed by atoms with van der Waals surface area (Å²) in [7, 11) is 0. The van der Waals surface area contributed by atoms with E-state index in [9.17, 15) is 14.7 Å². The number of ether oxygens (including phenoxy) is 1. The zero-order valence-corrected chi connectivity index (χ0v) is 12.2. The van der Waals surface area contributed by atoms with Crippen LogP contribution in [0, 0.1) is 0 Å². The Hall–Kier alpha value is -2.82. The molecule has 0 spiro atoms. The van der Waals surface area contributed by atoms with Crippen LogP contribution in [0.4, 0.5) is 5.69 Å². The topological polar surface area (TPSA) is 75.6 Å². The Bertz CT molecular complexity index is 655. The van der Waals surface area contributed by atoms with Crippen LogP contribution in [0.5, 0.6) is 0 Å². The number of benzene rings is 2. The van der Waals surface area contributed by atoms with E-state index >= 15 is 0 Å². The maximum absolute atomic E-state index is 12.2. The van der Waals surface area contributed by atoms with Crippen LogP contribution >= 0.6 is 0 Å². The van der Waals surface area contributed by atoms with Gasteiger partial charge in [-0.15, -0.1) is 0 Å². The van der Waals surface area contributed by atoms with Crippen molar-refractivity contribution in [1.29, 1.82) is 0 Å². The average molecular weight is 299 g/mol. The highest BCUT2D eigenvalue weighted by molar-refractivity contribution is 5.95. The summed E-state index contributed by atoms with van der Waals surface area (Å²) in [5.41, 5.74) is 1.19. The van der Waals surface area contributed by atoms with Crippen LogP contribution < -0.4 is 5.32 Å². The summed E-state index contributed by atoms with van der Waals surface area (Å²) in [5.74, 6) is -1.51. The SMILES string of the molecule is CCOC(=O)C(Nc1ccccc1C(=O)O)c1ccccc1. The first-order valence-corrected chi connectivity index (χ1v) is 6.94. The number of carbonyl (C=O) groups is 2. The number of nitrogens with one attached hydrogen (secondary N) is 1. The molecule has 2 aromatic carbocycles. The lowest BCUT2D eigenvalue weighted by atomic mass is 10.1. The summed E-state index contributed by atoms with van der Waals surface area (Å²) in [5, 5.41) is 12.2. The lowest BCUT2D eigenvalue weighted by Crippen LogP contribution is -2.24. The first-order chi connectivity index (χ1) is 10.6. The Labute approximate surface area is 128 Å². The van der Waals surface area contributed by atoms with Gasteiger partial charge >= 0.3 is 11.9 Å². The van der Waals surface area contributed by atoms with Crippen LogP contribution in [0.1, 0.15) is 28.9 Å². The first-order valence-electron chi connectivity index (χ1n) is 6.94. The maximum Gasteiger partial charge on any atom is 0.337 e. The molecule has 0 amide bonds. The fraction of sp³-hybridized carbons (Fsp3) is 0.176. The van der Waals surface area contributed by atoms with Crippen molar-refractivity contribution in [2.75, 3.05) is 11.9 Å². The standard InChI is InChI=1S/C17H17NO4/c1-2-22-17(21)15(12-8-4-3-5-9-12)18-14-11-7-6-10-13(14)16(19)20/h3-11,15,18H,2H2,1H3,(H,19,20). The molecule has 0 aliphatic heterocycles. The van der Waals surface area contributed by atoms with Crippen molar-refractivity contribution in [2.24, 2.45) is 0 Å². The number of carboxylic acids is 1. The van der Waals surface area contributed by atoms with Gasteiger partial charge in [0.25, 0.3) is 0 Å². The van der Waals surface area contributed by atoms with Crippen molar-refractivity contribution >= 4 is 17.6 Å². The van der Waals surface area contributed by atoms with Crippen LogP contribution in [0.3, 0.4) is 0 Å². The minimum Gasteiger partial charge on any atom is -0.478 e. The van der Waals surface area contributed by atoms with E-state index in [2.05, 4.69) is 5.32 Å². The van der Waals surface area contributed by atoms with E-state index in [4.69, 9.17) is 4.74 Å². The number of hydrogen-bond acceptors (Lipinski definition) is 4. The molecule has 0 aromatic heterocycles. The van der Waals surface area contributed by atoms with Gasteiger partial charge in [0.05, 0.1) is 12.2 Å². The molecule has 114 valence electrons. The number of esters is 1. The fourth-order valence-corrected chi connectivity index (χ4v) is 2.10. The van der Waals surface area contributed by atoms with E-state index in [1.54, 1.807) is 37.3 Å². The predicted octanol–water partition coefficient (Wildman–Crippen LogP) is 3.10. The summed E-state index contributed by atoms with van der Waals surface area (Å²) < 4.78 is 5.08. The average Bonchev–Trinajstić information content (AvgIpc) is 2.53. The third kappa shape index (κ3) is 3.63. The Morgan fingerprint density at radius 2 is 1.73 bits per heavy atom. The second-order valence-electron chi connectivity index (χ2n) is 4.59. The van der Waals surface area contributed by atoms with Crippen molar-refractivity contribution < 1.29 is 19.4 Å². The Balaban J connectivity index is 2.35. The van der Waals surface area contributed by atoms with Gasteiger partial charge in [0.1, 0.15) is 0 Å². The molecule has 0 aliphatic carbocycles. The minimum atomic E-state index is -1.06. The molecule has 5 nitrogen and oxygen atoms in total. The largest absolute Gasteiger partial charge is 0.478 e. The lowest BCUT2D eigenvalue weighted by Gasteiger charge is -2.20. The van der Waals surface area contributed by atoms with Crippen molar-refractivity contribution in [3.05, 3.63) is 65.7 Å². The van der Waals surface area contributed by atoms with Gasteiger partial charge in [-0.2, -0.15) is 0 Å². The fourth-order valence-electron chi connectivity index (χ4n) is 2.10. The van der Waals surface area contributed by atoms with E-state index < -0.39 is 18.0 Å². The molecule has 0 saturated heterocycles. The molecule has 0 saturated carbocycles. The minimum absolute atomic E-state index is 0.104. The zero-order chi connectivity index (χ0) is 15.9. The van der Waals surface area contributed by atoms with Crippen molar-refractivity contribution in [3.63, 3.8) is 0 Å². The molecule has 1 unspecified atom stereocenters. The molecular weight excluding hydrogens is 282 g/mol. The van der Waals surface area contributed by atoms with Gasteiger partial charge in [-0.25, -0.2) is 9.59 Å². The first kappa shape index (κ1) is 15.6. The second kappa shape index (κ2) is 7.26. The number of carbonyl (C=O) groups excluding carboxylic acids is 1. The molecule has 0 heterocycles. The van der Waals surface area contributed by atoms with Crippen molar-refractivity contribution in [1.82, 2.24) is 0 Å². The van der Waals surface area contributed by atoms with Crippen molar-refractivity contribution in [3.8, 4) is 0 Å². The quantitative estimate of drug-likeness (QED) is 0.802. The predicted molar refractivity (Wildman–Crippen MR) is 82.8 cm³/mol. The van der Waals surface area contributed by atoms with E-state index in [1.807, 2.05) is 18.2 Å². The van der Waals surface area contributed by atoms with Gasteiger partial charge in [-0.1, -0.05) is 42.5 Å². The monoisotopic (exact) mass is 299 g/mol. The number of para-hydroxylation sites is 1. The third-order valence-electron chi connectivity index (χ3n) is 3.11. The van der Waals surface area contributed by atoms with Crippen LogP contribution in [0.25, 0.3) is 0 Å². The van der Waals surface area contributed by atoms with Gasteiger partial charge in [0.15, 0.2) is 6.04 Å². The van der Waals surface area contributed by atoms with Crippen molar-refractivity contribution in [2.45, 2.75) is 13.0 Å². The molecule has 0 bridgehead atoms. The summed E-state index contributed by atoms with van der Waals surface area (Å²) in [6, 6.07) is 14.7. The third-order valence-corrected chi connectivity index (χ3v) is 3.11. The molecule has 2 N–H and O–H groups in total. The molecule has 0 radical (unpaired) electrons. The van der Waals surface area contributed by atoms with Crippen LogP contribution in [0.2, 0.25) is 0 Å². The van der Waals surface area contributed by atoms with Gasteiger partial charge in [-0.05, 0) is 24.6 Å². The van der Waals surface area contributed by atoms with Gasteiger partial charge < -0.3 is 15.2 Å². The highest BCUT2D eigenvalue weighted by atomic mass is 16.5. The Morgan fingerprint density at radius 3 is 2.36 bits per heavy atom. The molecular formula is C17H17NO4. The van der Waals surface area contributed by atoms with Crippen LogP contribution in [-0.4, -0.2) is 23.7 Å².